The van der Waals surface area contributed by atoms with E-state index in [1.54, 1.807) is 6.07 Å². The van der Waals surface area contributed by atoms with Gasteiger partial charge in [-0.3, -0.25) is 9.59 Å². The van der Waals surface area contributed by atoms with Gasteiger partial charge in [0.05, 0.1) is 10.2 Å². The predicted octanol–water partition coefficient (Wildman–Crippen LogP) is 7.23. The Bertz CT molecular complexity index is 1290. The second kappa shape index (κ2) is 11.6. The molecule has 38 heavy (non-hydrogen) atoms. The lowest BCUT2D eigenvalue weighted by atomic mass is 9.71. The minimum absolute atomic E-state index is 0.140. The van der Waals surface area contributed by atoms with Crippen LogP contribution in [-0.2, 0) is 16.2 Å². The Balaban J connectivity index is 1.61. The lowest BCUT2D eigenvalue weighted by molar-refractivity contribution is -0.117. The molecule has 0 bridgehead atoms. The average molecular weight is 630 g/mol. The van der Waals surface area contributed by atoms with Crippen LogP contribution < -0.4 is 9.47 Å². The zero-order valence-electron chi connectivity index (χ0n) is 21.9. The first kappa shape index (κ1) is 26.9. The summed E-state index contributed by atoms with van der Waals surface area (Å²) in [6.07, 6.45) is 5.36. The molecule has 0 amide bonds. The van der Waals surface area contributed by atoms with Crippen molar-refractivity contribution in [2.24, 2.45) is 0 Å². The highest BCUT2D eigenvalue weighted by atomic mass is 127. The van der Waals surface area contributed by atoms with Crippen LogP contribution in [-0.4, -0.2) is 29.6 Å². The van der Waals surface area contributed by atoms with Crippen molar-refractivity contribution in [3.63, 3.8) is 0 Å². The number of Topliss-reactive ketones (excluding diaryl/α,β-unsaturated/α-hetero) is 2. The quantitative estimate of drug-likeness (QED) is 0.289. The molecule has 0 atom stereocenters. The molecule has 0 aromatic heterocycles. The van der Waals surface area contributed by atoms with Gasteiger partial charge in [0.1, 0.15) is 12.4 Å². The summed E-state index contributed by atoms with van der Waals surface area (Å²) in [4.78, 5) is 29.3. The van der Waals surface area contributed by atoms with Crippen molar-refractivity contribution in [1.29, 1.82) is 0 Å². The van der Waals surface area contributed by atoms with E-state index in [1.807, 2.05) is 25.1 Å². The van der Waals surface area contributed by atoms with Gasteiger partial charge in [-0.2, -0.15) is 0 Å². The first-order valence-corrected chi connectivity index (χ1v) is 14.6. The van der Waals surface area contributed by atoms with Gasteiger partial charge >= 0.3 is 0 Å². The molecule has 2 aliphatic carbocycles. The maximum absolute atomic E-state index is 13.7. The van der Waals surface area contributed by atoms with Crippen molar-refractivity contribution < 1.29 is 23.5 Å². The lowest BCUT2D eigenvalue weighted by Crippen LogP contribution is -2.39. The van der Waals surface area contributed by atoms with Gasteiger partial charge in [0.2, 0.25) is 0 Å². The molecule has 0 saturated carbocycles. The Labute approximate surface area is 237 Å². The molecule has 0 radical (unpaired) electrons. The summed E-state index contributed by atoms with van der Waals surface area (Å²) in [5, 5.41) is 0. The summed E-state index contributed by atoms with van der Waals surface area (Å²) in [6.45, 7) is 5.51. The molecule has 3 aliphatic rings. The molecule has 2 aromatic carbocycles. The number of nitrogens with zero attached hydrogens (tertiary/aromatic N) is 1. The zero-order valence-corrected chi connectivity index (χ0v) is 24.1. The summed E-state index contributed by atoms with van der Waals surface area (Å²) in [6, 6.07) is 10.3. The highest BCUT2D eigenvalue weighted by Gasteiger charge is 2.43. The fraction of sp³-hybridized carbons (Fsp3) is 0.419. The summed E-state index contributed by atoms with van der Waals surface area (Å²) in [5.41, 5.74) is 5.37. The second-order valence-corrected chi connectivity index (χ2v) is 11.2. The second-order valence-electron chi connectivity index (χ2n) is 10.0. The first-order valence-electron chi connectivity index (χ1n) is 13.6. The van der Waals surface area contributed by atoms with E-state index in [0.29, 0.717) is 30.9 Å². The highest BCUT2D eigenvalue weighted by molar-refractivity contribution is 14.1. The van der Waals surface area contributed by atoms with Gasteiger partial charge in [-0.05, 0) is 97.0 Å². The topological polar surface area (TPSA) is 55.8 Å². The molecule has 7 heteroatoms. The van der Waals surface area contributed by atoms with Crippen LogP contribution in [0.5, 0.6) is 11.5 Å². The minimum atomic E-state index is -0.390. The Morgan fingerprint density at radius 2 is 1.63 bits per heavy atom. The molecule has 200 valence electrons. The van der Waals surface area contributed by atoms with Crippen molar-refractivity contribution >= 4 is 34.2 Å². The molecule has 0 saturated heterocycles. The van der Waals surface area contributed by atoms with E-state index in [2.05, 4.69) is 34.4 Å². The van der Waals surface area contributed by atoms with Crippen LogP contribution >= 0.6 is 22.6 Å². The van der Waals surface area contributed by atoms with Crippen LogP contribution in [0.4, 0.5) is 4.39 Å². The van der Waals surface area contributed by atoms with Gasteiger partial charge < -0.3 is 14.4 Å². The van der Waals surface area contributed by atoms with Gasteiger partial charge in [0.25, 0.3) is 0 Å². The summed E-state index contributed by atoms with van der Waals surface area (Å²) >= 11 is 2.23. The smallest absolute Gasteiger partial charge is 0.174 e. The minimum Gasteiger partial charge on any atom is -0.490 e. The maximum atomic E-state index is 13.7. The monoisotopic (exact) mass is 629 g/mol. The van der Waals surface area contributed by atoms with Crippen LogP contribution in [0.25, 0.3) is 0 Å². The average Bonchev–Trinajstić information content (AvgIpc) is 2.89. The van der Waals surface area contributed by atoms with E-state index < -0.39 is 5.92 Å². The normalized spacial score (nSPS) is 18.1. The van der Waals surface area contributed by atoms with Gasteiger partial charge in [-0.1, -0.05) is 19.1 Å². The third-order valence-electron chi connectivity index (χ3n) is 7.47. The van der Waals surface area contributed by atoms with Crippen molar-refractivity contribution in [3.05, 3.63) is 79.5 Å². The fourth-order valence-corrected chi connectivity index (χ4v) is 6.76. The van der Waals surface area contributed by atoms with Gasteiger partial charge in [0, 0.05) is 47.8 Å². The van der Waals surface area contributed by atoms with E-state index in [1.165, 1.54) is 12.1 Å². The Kier molecular flexibility index (Phi) is 8.21. The van der Waals surface area contributed by atoms with Crippen LogP contribution in [0.1, 0.15) is 75.8 Å². The Hall–Kier alpha value is -2.68. The SMILES string of the molecule is CCCN1C2=C(C(=O)CCC2)C(c2cc(I)c(OCc3cccc(F)c3)c(OCC)c2)C2=C1CCCC2=O. The summed E-state index contributed by atoms with van der Waals surface area (Å²) in [5.74, 6) is 0.731. The predicted molar refractivity (Wildman–Crippen MR) is 153 cm³/mol. The standard InChI is InChI=1S/C31H33FINO4/c1-3-14-34-23-10-6-12-25(35)29(23)28(30-24(34)11-7-13-26(30)36)20-16-22(33)31(27(17-20)37-4-2)38-18-19-8-5-9-21(32)15-19/h5,8-9,15-17,28H,3-4,6-7,10-14,18H2,1-2H3. The van der Waals surface area contributed by atoms with Crippen LogP contribution in [0, 0.1) is 9.39 Å². The number of hydrogen-bond acceptors (Lipinski definition) is 5. The number of benzene rings is 2. The molecule has 0 spiro atoms. The highest BCUT2D eigenvalue weighted by Crippen LogP contribution is 2.50. The molecule has 2 aromatic rings. The first-order chi connectivity index (χ1) is 18.4. The molecule has 1 heterocycles. The number of rotatable bonds is 8. The molecule has 0 fully saturated rings. The molecule has 5 rings (SSSR count). The molecule has 1 aliphatic heterocycles. The molecular formula is C31H33FINO4. The molecule has 0 N–H and O–H groups in total. The van der Waals surface area contributed by atoms with E-state index in [4.69, 9.17) is 9.47 Å². The number of carbonyl (C=O) groups excluding carboxylic acids is 2. The number of ketones is 2. The Morgan fingerprint density at radius 1 is 0.947 bits per heavy atom. The maximum Gasteiger partial charge on any atom is 0.174 e. The van der Waals surface area contributed by atoms with E-state index >= 15 is 0 Å². The zero-order chi connectivity index (χ0) is 26.8. The fourth-order valence-electron chi connectivity index (χ4n) is 5.98. The van der Waals surface area contributed by atoms with Crippen LogP contribution in [0.2, 0.25) is 0 Å². The van der Waals surface area contributed by atoms with Crippen molar-refractivity contribution in [2.45, 2.75) is 71.3 Å². The summed E-state index contributed by atoms with van der Waals surface area (Å²) < 4.78 is 26.7. The van der Waals surface area contributed by atoms with Crippen molar-refractivity contribution in [1.82, 2.24) is 4.90 Å². The number of ether oxygens (including phenoxy) is 2. The number of carbonyl (C=O) groups is 2. The van der Waals surface area contributed by atoms with Crippen LogP contribution in [0.15, 0.2) is 58.9 Å². The molecule has 5 nitrogen and oxygen atoms in total. The van der Waals surface area contributed by atoms with E-state index in [9.17, 15) is 14.0 Å². The summed E-state index contributed by atoms with van der Waals surface area (Å²) in [7, 11) is 0. The van der Waals surface area contributed by atoms with E-state index in [-0.39, 0.29) is 24.0 Å². The van der Waals surface area contributed by atoms with Crippen molar-refractivity contribution in [3.8, 4) is 11.5 Å². The third-order valence-corrected chi connectivity index (χ3v) is 8.27. The largest absolute Gasteiger partial charge is 0.490 e. The Morgan fingerprint density at radius 3 is 2.24 bits per heavy atom. The third kappa shape index (κ3) is 5.14. The lowest BCUT2D eigenvalue weighted by Gasteiger charge is -2.44. The van der Waals surface area contributed by atoms with Crippen molar-refractivity contribution in [2.75, 3.05) is 13.2 Å². The number of allylic oxidation sites excluding steroid dienone is 4. The number of hydrogen-bond donors (Lipinski definition) is 0. The van der Waals surface area contributed by atoms with Crippen LogP contribution in [0.3, 0.4) is 0 Å². The molecular weight excluding hydrogens is 596 g/mol. The van der Waals surface area contributed by atoms with Gasteiger partial charge in [-0.25, -0.2) is 4.39 Å². The van der Waals surface area contributed by atoms with Gasteiger partial charge in [0.15, 0.2) is 23.1 Å². The van der Waals surface area contributed by atoms with E-state index in [0.717, 1.165) is 75.9 Å². The molecule has 0 unspecified atom stereocenters. The number of halogens is 2. The van der Waals surface area contributed by atoms with Gasteiger partial charge in [-0.15, -0.1) is 0 Å².